The average Bonchev–Trinajstić information content (AvgIpc) is 2.46. The van der Waals surface area contributed by atoms with Gasteiger partial charge in [0.2, 0.25) is 0 Å². The molecule has 2 rings (SSSR count). The number of hydrogen-bond acceptors (Lipinski definition) is 4. The summed E-state index contributed by atoms with van der Waals surface area (Å²) in [6.45, 7) is 8.04. The topological polar surface area (TPSA) is 45.5 Å². The molecule has 1 aliphatic heterocycles. The lowest BCUT2D eigenvalue weighted by Gasteiger charge is -2.35. The highest BCUT2D eigenvalue weighted by molar-refractivity contribution is 5.85. The predicted molar refractivity (Wildman–Crippen MR) is 89.6 cm³/mol. The molecule has 0 aliphatic carbocycles. The second kappa shape index (κ2) is 9.68. The van der Waals surface area contributed by atoms with E-state index in [1.54, 1.807) is 6.07 Å². The van der Waals surface area contributed by atoms with Crippen LogP contribution in [0.15, 0.2) is 24.3 Å². The molecule has 1 heterocycles. The molecule has 1 saturated heterocycles. The predicted octanol–water partition coefficient (Wildman–Crippen LogP) is 3.25. The van der Waals surface area contributed by atoms with Crippen molar-refractivity contribution in [1.29, 1.82) is 5.26 Å². The highest BCUT2D eigenvalue weighted by Crippen LogP contribution is 2.17. The third kappa shape index (κ3) is 5.84. The van der Waals surface area contributed by atoms with Crippen LogP contribution in [0.2, 0.25) is 0 Å². The number of unbranched alkanes of at least 4 members (excludes halogenated alkanes) is 1. The fraction of sp³-hybridized carbons (Fsp3) is 0.588. The van der Waals surface area contributed by atoms with Crippen LogP contribution in [0.5, 0.6) is 5.75 Å². The van der Waals surface area contributed by atoms with Crippen LogP contribution >= 0.6 is 12.4 Å². The fourth-order valence-corrected chi connectivity index (χ4v) is 2.77. The minimum absolute atomic E-state index is 0. The summed E-state index contributed by atoms with van der Waals surface area (Å²) in [6, 6.07) is 9.53. The smallest absolute Gasteiger partial charge is 0.137 e. The Kier molecular flexibility index (Phi) is 8.26. The van der Waals surface area contributed by atoms with Gasteiger partial charge in [-0.25, -0.2) is 0 Å². The summed E-state index contributed by atoms with van der Waals surface area (Å²) < 4.78 is 11.4. The van der Waals surface area contributed by atoms with E-state index in [1.165, 1.54) is 0 Å². The summed E-state index contributed by atoms with van der Waals surface area (Å²) in [7, 11) is 0. The number of nitrogens with zero attached hydrogens (tertiary/aromatic N) is 2. The van der Waals surface area contributed by atoms with Crippen LogP contribution in [0.25, 0.3) is 0 Å². The standard InChI is InChI=1S/C17H24N2O2.ClH/c1-14-12-19(13-15(2)21-14)9-5-6-10-20-17-8-4-3-7-16(17)11-18;/h3-4,7-8,14-15H,5-6,9-10,12-13H2,1-2H3;1H. The summed E-state index contributed by atoms with van der Waals surface area (Å²) in [4.78, 5) is 2.46. The van der Waals surface area contributed by atoms with E-state index in [2.05, 4.69) is 24.8 Å². The van der Waals surface area contributed by atoms with Gasteiger partial charge >= 0.3 is 0 Å². The van der Waals surface area contributed by atoms with E-state index in [0.717, 1.165) is 32.5 Å². The summed E-state index contributed by atoms with van der Waals surface area (Å²) >= 11 is 0. The van der Waals surface area contributed by atoms with Crippen molar-refractivity contribution in [2.45, 2.75) is 38.9 Å². The number of nitriles is 1. The maximum atomic E-state index is 8.99. The molecule has 0 N–H and O–H groups in total. The first-order valence-corrected chi connectivity index (χ1v) is 7.69. The lowest BCUT2D eigenvalue weighted by Crippen LogP contribution is -2.45. The number of para-hydroxylation sites is 1. The van der Waals surface area contributed by atoms with E-state index in [0.29, 0.717) is 30.1 Å². The van der Waals surface area contributed by atoms with E-state index >= 15 is 0 Å². The molecule has 1 aromatic carbocycles. The van der Waals surface area contributed by atoms with Gasteiger partial charge in [-0.2, -0.15) is 5.26 Å². The molecular formula is C17H25ClN2O2. The average molecular weight is 325 g/mol. The van der Waals surface area contributed by atoms with Crippen molar-refractivity contribution < 1.29 is 9.47 Å². The Morgan fingerprint density at radius 3 is 2.59 bits per heavy atom. The molecule has 0 aromatic heterocycles. The quantitative estimate of drug-likeness (QED) is 0.754. The third-order valence-corrected chi connectivity index (χ3v) is 3.63. The lowest BCUT2D eigenvalue weighted by molar-refractivity contribution is -0.0682. The van der Waals surface area contributed by atoms with Crippen molar-refractivity contribution in [2.24, 2.45) is 0 Å². The molecule has 0 saturated carbocycles. The maximum Gasteiger partial charge on any atom is 0.137 e. The van der Waals surface area contributed by atoms with Crippen LogP contribution in [0.4, 0.5) is 0 Å². The number of benzene rings is 1. The number of hydrogen-bond donors (Lipinski definition) is 0. The van der Waals surface area contributed by atoms with Crippen molar-refractivity contribution >= 4 is 12.4 Å². The van der Waals surface area contributed by atoms with Crippen LogP contribution in [0.3, 0.4) is 0 Å². The fourth-order valence-electron chi connectivity index (χ4n) is 2.77. The first-order chi connectivity index (χ1) is 10.2. The second-order valence-corrected chi connectivity index (χ2v) is 5.68. The van der Waals surface area contributed by atoms with Gasteiger partial charge in [-0.1, -0.05) is 12.1 Å². The Morgan fingerprint density at radius 2 is 1.91 bits per heavy atom. The summed E-state index contributed by atoms with van der Waals surface area (Å²) in [6.07, 6.45) is 2.76. The molecule has 2 atom stereocenters. The highest BCUT2D eigenvalue weighted by Gasteiger charge is 2.21. The van der Waals surface area contributed by atoms with Crippen LogP contribution in [-0.4, -0.2) is 43.3 Å². The molecular weight excluding hydrogens is 300 g/mol. The van der Waals surface area contributed by atoms with E-state index < -0.39 is 0 Å². The molecule has 0 amide bonds. The van der Waals surface area contributed by atoms with Crippen LogP contribution in [-0.2, 0) is 4.74 Å². The van der Waals surface area contributed by atoms with Crippen LogP contribution in [0, 0.1) is 11.3 Å². The zero-order valence-corrected chi connectivity index (χ0v) is 14.1. The van der Waals surface area contributed by atoms with Crippen LogP contribution in [0.1, 0.15) is 32.3 Å². The normalized spacial score (nSPS) is 21.7. The molecule has 0 bridgehead atoms. The minimum Gasteiger partial charge on any atom is -0.492 e. The Labute approximate surface area is 139 Å². The Balaban J connectivity index is 0.00000242. The molecule has 1 fully saturated rings. The summed E-state index contributed by atoms with van der Waals surface area (Å²) in [5, 5.41) is 8.99. The van der Waals surface area contributed by atoms with Crippen molar-refractivity contribution in [3.8, 4) is 11.8 Å². The van der Waals surface area contributed by atoms with E-state index in [4.69, 9.17) is 14.7 Å². The van der Waals surface area contributed by atoms with Gasteiger partial charge in [0, 0.05) is 13.1 Å². The van der Waals surface area contributed by atoms with Crippen molar-refractivity contribution in [3.05, 3.63) is 29.8 Å². The molecule has 5 heteroatoms. The van der Waals surface area contributed by atoms with Gasteiger partial charge in [0.15, 0.2) is 0 Å². The monoisotopic (exact) mass is 324 g/mol. The Hall–Kier alpha value is -1.28. The highest BCUT2D eigenvalue weighted by atomic mass is 35.5. The first-order valence-electron chi connectivity index (χ1n) is 7.69. The van der Waals surface area contributed by atoms with Gasteiger partial charge in [-0.05, 0) is 45.4 Å². The van der Waals surface area contributed by atoms with Crippen LogP contribution < -0.4 is 4.74 Å². The van der Waals surface area contributed by atoms with E-state index in [9.17, 15) is 0 Å². The van der Waals surface area contributed by atoms with Crippen molar-refractivity contribution in [3.63, 3.8) is 0 Å². The molecule has 1 aliphatic rings. The number of ether oxygens (including phenoxy) is 2. The number of morpholine rings is 1. The van der Waals surface area contributed by atoms with Gasteiger partial charge in [0.1, 0.15) is 11.8 Å². The third-order valence-electron chi connectivity index (χ3n) is 3.63. The largest absolute Gasteiger partial charge is 0.492 e. The second-order valence-electron chi connectivity index (χ2n) is 5.68. The van der Waals surface area contributed by atoms with Gasteiger partial charge in [-0.15, -0.1) is 12.4 Å². The summed E-state index contributed by atoms with van der Waals surface area (Å²) in [5.41, 5.74) is 0.605. The molecule has 1 aromatic rings. The minimum atomic E-state index is 0. The molecule has 0 radical (unpaired) electrons. The van der Waals surface area contributed by atoms with Gasteiger partial charge in [0.25, 0.3) is 0 Å². The Morgan fingerprint density at radius 1 is 1.23 bits per heavy atom. The zero-order valence-electron chi connectivity index (χ0n) is 13.3. The number of halogens is 1. The SMILES string of the molecule is CC1CN(CCCCOc2ccccc2C#N)CC(C)O1.Cl. The molecule has 4 nitrogen and oxygen atoms in total. The molecule has 22 heavy (non-hydrogen) atoms. The van der Waals surface area contributed by atoms with Gasteiger partial charge in [0.05, 0.1) is 24.4 Å². The summed E-state index contributed by atoms with van der Waals surface area (Å²) in [5.74, 6) is 0.689. The Bertz CT molecular complexity index is 480. The van der Waals surface area contributed by atoms with E-state index in [1.807, 2.05) is 18.2 Å². The zero-order chi connectivity index (χ0) is 15.1. The van der Waals surface area contributed by atoms with Gasteiger partial charge < -0.3 is 9.47 Å². The van der Waals surface area contributed by atoms with Crippen molar-refractivity contribution in [2.75, 3.05) is 26.2 Å². The lowest BCUT2D eigenvalue weighted by atomic mass is 10.2. The molecule has 2 unspecified atom stereocenters. The molecule has 122 valence electrons. The molecule has 0 spiro atoms. The van der Waals surface area contributed by atoms with Gasteiger partial charge in [-0.3, -0.25) is 4.90 Å². The number of rotatable bonds is 6. The first kappa shape index (κ1) is 18.8. The maximum absolute atomic E-state index is 8.99. The van der Waals surface area contributed by atoms with Crippen molar-refractivity contribution in [1.82, 2.24) is 4.90 Å². The van der Waals surface area contributed by atoms with E-state index in [-0.39, 0.29) is 12.4 Å².